The fourth-order valence-corrected chi connectivity index (χ4v) is 3.03. The second kappa shape index (κ2) is 8.79. The Morgan fingerprint density at radius 3 is 2.36 bits per heavy atom. The number of benzene rings is 2. The van der Waals surface area contributed by atoms with Gasteiger partial charge in [0.05, 0.1) is 18.8 Å². The first-order valence-electron chi connectivity index (χ1n) is 8.93. The smallest absolute Gasteiger partial charge is 0.338 e. The molecule has 2 aromatic rings. The molecule has 1 aliphatic rings. The quantitative estimate of drug-likeness (QED) is 0.778. The molecule has 3 rings (SSSR count). The van der Waals surface area contributed by atoms with Crippen molar-refractivity contribution in [2.75, 3.05) is 32.9 Å². The van der Waals surface area contributed by atoms with Crippen molar-refractivity contribution in [2.24, 2.45) is 0 Å². The minimum absolute atomic E-state index is 0.272. The molecule has 0 radical (unpaired) electrons. The minimum atomic E-state index is -0.272. The van der Waals surface area contributed by atoms with Gasteiger partial charge in [0.1, 0.15) is 0 Å². The van der Waals surface area contributed by atoms with Crippen LogP contribution in [-0.4, -0.2) is 43.8 Å². The topological polar surface area (TPSA) is 38.8 Å². The molecule has 0 spiro atoms. The van der Waals surface area contributed by atoms with Gasteiger partial charge in [0.2, 0.25) is 0 Å². The normalized spacial score (nSPS) is 15.6. The van der Waals surface area contributed by atoms with Crippen molar-refractivity contribution in [3.05, 3.63) is 59.7 Å². The van der Waals surface area contributed by atoms with Gasteiger partial charge in [-0.3, -0.25) is 4.90 Å². The van der Waals surface area contributed by atoms with Crippen molar-refractivity contribution < 1.29 is 14.3 Å². The highest BCUT2D eigenvalue weighted by Gasteiger charge is 2.10. The number of carbonyl (C=O) groups excluding carboxylic acids is 1. The first-order valence-corrected chi connectivity index (χ1v) is 8.93. The van der Waals surface area contributed by atoms with E-state index in [-0.39, 0.29) is 5.97 Å². The Morgan fingerprint density at radius 1 is 1.00 bits per heavy atom. The molecule has 0 bridgehead atoms. The third-order valence-corrected chi connectivity index (χ3v) is 4.40. The number of esters is 1. The van der Waals surface area contributed by atoms with Gasteiger partial charge in [0.25, 0.3) is 0 Å². The molecule has 2 aromatic carbocycles. The highest BCUT2D eigenvalue weighted by atomic mass is 16.5. The lowest BCUT2D eigenvalue weighted by molar-refractivity contribution is 0.0526. The Bertz CT molecular complexity index is 671. The zero-order valence-corrected chi connectivity index (χ0v) is 14.7. The van der Waals surface area contributed by atoms with E-state index in [0.29, 0.717) is 12.2 Å². The molecular weight excluding hydrogens is 314 g/mol. The van der Waals surface area contributed by atoms with Gasteiger partial charge in [0.15, 0.2) is 0 Å². The maximum atomic E-state index is 11.7. The van der Waals surface area contributed by atoms with E-state index in [1.807, 2.05) is 31.2 Å². The number of ether oxygens (including phenoxy) is 2. The minimum Gasteiger partial charge on any atom is -0.462 e. The lowest BCUT2D eigenvalue weighted by Crippen LogP contribution is -2.25. The van der Waals surface area contributed by atoms with Crippen molar-refractivity contribution in [3.63, 3.8) is 0 Å². The van der Waals surface area contributed by atoms with E-state index < -0.39 is 0 Å². The van der Waals surface area contributed by atoms with Crippen LogP contribution in [0, 0.1) is 0 Å². The van der Waals surface area contributed by atoms with Crippen LogP contribution < -0.4 is 0 Å². The number of hydrogen-bond donors (Lipinski definition) is 0. The third kappa shape index (κ3) is 4.91. The average molecular weight is 339 g/mol. The van der Waals surface area contributed by atoms with Crippen LogP contribution in [0.3, 0.4) is 0 Å². The molecule has 0 saturated carbocycles. The van der Waals surface area contributed by atoms with Crippen LogP contribution in [0.1, 0.15) is 29.3 Å². The first-order chi connectivity index (χ1) is 12.3. The molecule has 1 fully saturated rings. The largest absolute Gasteiger partial charge is 0.462 e. The standard InChI is InChI=1S/C21H25NO3/c1-2-25-21(23)20-10-8-19(9-11-20)18-6-4-17(5-7-18)16-22-12-3-14-24-15-13-22/h4-11H,2-3,12-16H2,1H3. The van der Waals surface area contributed by atoms with E-state index in [1.54, 1.807) is 0 Å². The maximum Gasteiger partial charge on any atom is 0.338 e. The average Bonchev–Trinajstić information content (AvgIpc) is 2.91. The molecule has 1 heterocycles. The lowest BCUT2D eigenvalue weighted by atomic mass is 10.0. The Hall–Kier alpha value is -2.17. The Morgan fingerprint density at radius 2 is 1.68 bits per heavy atom. The molecular formula is C21H25NO3. The highest BCUT2D eigenvalue weighted by Crippen LogP contribution is 2.21. The predicted molar refractivity (Wildman–Crippen MR) is 98.5 cm³/mol. The van der Waals surface area contributed by atoms with Crippen LogP contribution in [0.25, 0.3) is 11.1 Å². The van der Waals surface area contributed by atoms with E-state index in [4.69, 9.17) is 9.47 Å². The van der Waals surface area contributed by atoms with Crippen LogP contribution in [0.4, 0.5) is 0 Å². The second-order valence-corrected chi connectivity index (χ2v) is 6.24. The molecule has 0 N–H and O–H groups in total. The van der Waals surface area contributed by atoms with Gasteiger partial charge in [0, 0.05) is 26.2 Å². The van der Waals surface area contributed by atoms with Gasteiger partial charge in [-0.05, 0) is 42.2 Å². The molecule has 4 heteroatoms. The Kier molecular flexibility index (Phi) is 6.20. The van der Waals surface area contributed by atoms with E-state index >= 15 is 0 Å². The third-order valence-electron chi connectivity index (χ3n) is 4.40. The molecule has 4 nitrogen and oxygen atoms in total. The van der Waals surface area contributed by atoms with Gasteiger partial charge in [-0.1, -0.05) is 36.4 Å². The summed E-state index contributed by atoms with van der Waals surface area (Å²) in [5, 5.41) is 0. The van der Waals surface area contributed by atoms with Crippen molar-refractivity contribution >= 4 is 5.97 Å². The van der Waals surface area contributed by atoms with Crippen LogP contribution >= 0.6 is 0 Å². The molecule has 0 unspecified atom stereocenters. The molecule has 1 saturated heterocycles. The molecule has 0 atom stereocenters. The van der Waals surface area contributed by atoms with Gasteiger partial charge in [-0.15, -0.1) is 0 Å². The predicted octanol–water partition coefficient (Wildman–Crippen LogP) is 3.75. The van der Waals surface area contributed by atoms with E-state index in [1.165, 1.54) is 5.56 Å². The van der Waals surface area contributed by atoms with Crippen LogP contribution in [0.15, 0.2) is 48.5 Å². The van der Waals surface area contributed by atoms with Crippen molar-refractivity contribution in [3.8, 4) is 11.1 Å². The number of rotatable bonds is 5. The zero-order chi connectivity index (χ0) is 17.5. The van der Waals surface area contributed by atoms with Gasteiger partial charge in [-0.2, -0.15) is 0 Å². The maximum absolute atomic E-state index is 11.7. The van der Waals surface area contributed by atoms with Gasteiger partial charge in [-0.25, -0.2) is 4.79 Å². The fourth-order valence-electron chi connectivity index (χ4n) is 3.03. The van der Waals surface area contributed by atoms with E-state index in [9.17, 15) is 4.79 Å². The number of carbonyl (C=O) groups is 1. The van der Waals surface area contributed by atoms with Crippen molar-refractivity contribution in [1.29, 1.82) is 0 Å². The zero-order valence-electron chi connectivity index (χ0n) is 14.7. The summed E-state index contributed by atoms with van der Waals surface area (Å²) in [5.74, 6) is -0.272. The van der Waals surface area contributed by atoms with Gasteiger partial charge >= 0.3 is 5.97 Å². The Labute approximate surface area is 149 Å². The summed E-state index contributed by atoms with van der Waals surface area (Å²) in [6, 6.07) is 16.2. The molecule has 0 aromatic heterocycles. The molecule has 132 valence electrons. The monoisotopic (exact) mass is 339 g/mol. The summed E-state index contributed by atoms with van der Waals surface area (Å²) in [6.45, 7) is 6.96. The summed E-state index contributed by atoms with van der Waals surface area (Å²) >= 11 is 0. The Balaban J connectivity index is 1.64. The van der Waals surface area contributed by atoms with Crippen molar-refractivity contribution in [1.82, 2.24) is 4.90 Å². The van der Waals surface area contributed by atoms with Crippen molar-refractivity contribution in [2.45, 2.75) is 19.9 Å². The van der Waals surface area contributed by atoms with Crippen LogP contribution in [0.5, 0.6) is 0 Å². The summed E-state index contributed by atoms with van der Waals surface area (Å²) < 4.78 is 10.5. The van der Waals surface area contributed by atoms with Gasteiger partial charge < -0.3 is 9.47 Å². The first kappa shape index (κ1) is 17.6. The molecule has 25 heavy (non-hydrogen) atoms. The summed E-state index contributed by atoms with van der Waals surface area (Å²) in [5.41, 5.74) is 4.15. The highest BCUT2D eigenvalue weighted by molar-refractivity contribution is 5.90. The molecule has 0 aliphatic carbocycles. The number of hydrogen-bond acceptors (Lipinski definition) is 4. The SMILES string of the molecule is CCOC(=O)c1ccc(-c2ccc(CN3CCCOCC3)cc2)cc1. The second-order valence-electron chi connectivity index (χ2n) is 6.24. The summed E-state index contributed by atoms with van der Waals surface area (Å²) in [6.07, 6.45) is 1.10. The van der Waals surface area contributed by atoms with Crippen LogP contribution in [0.2, 0.25) is 0 Å². The molecule has 1 aliphatic heterocycles. The van der Waals surface area contributed by atoms with E-state index in [0.717, 1.165) is 50.4 Å². The fraction of sp³-hybridized carbons (Fsp3) is 0.381. The lowest BCUT2D eigenvalue weighted by Gasteiger charge is -2.19. The number of nitrogens with zero attached hydrogens (tertiary/aromatic N) is 1. The summed E-state index contributed by atoms with van der Waals surface area (Å²) in [7, 11) is 0. The molecule has 0 amide bonds. The van der Waals surface area contributed by atoms with E-state index in [2.05, 4.69) is 29.2 Å². The van der Waals surface area contributed by atoms with Crippen LogP contribution in [-0.2, 0) is 16.0 Å². The summed E-state index contributed by atoms with van der Waals surface area (Å²) in [4.78, 5) is 14.2.